The maximum absolute atomic E-state index is 11.3. The number of allylic oxidation sites excluding steroid dienone is 1. The summed E-state index contributed by atoms with van der Waals surface area (Å²) in [5, 5.41) is 0. The molecule has 1 saturated carbocycles. The fraction of sp³-hybridized carbons (Fsp3) is 0.400. The van der Waals surface area contributed by atoms with Gasteiger partial charge in [-0.1, -0.05) is 36.9 Å². The first-order valence-corrected chi connectivity index (χ1v) is 6.03. The molecule has 1 heteroatoms. The summed E-state index contributed by atoms with van der Waals surface area (Å²) in [4.78, 5) is 11.3. The first-order chi connectivity index (χ1) is 7.77. The molecular formula is C15H18O. The number of carbonyl (C=O) groups is 1. The normalized spacial score (nSPS) is 20.4. The minimum atomic E-state index is 0.282. The summed E-state index contributed by atoms with van der Waals surface area (Å²) >= 11 is 0. The number of Topliss-reactive ketones (excluding diaryl/α,β-unsaturated/α-hetero) is 1. The van der Waals surface area contributed by atoms with Gasteiger partial charge in [-0.2, -0.15) is 0 Å². The minimum Gasteiger partial charge on any atom is -0.295 e. The summed E-state index contributed by atoms with van der Waals surface area (Å²) in [6.45, 7) is 3.89. The zero-order chi connectivity index (χ0) is 11.4. The predicted octanol–water partition coefficient (Wildman–Crippen LogP) is 3.54. The van der Waals surface area contributed by atoms with Crippen molar-refractivity contribution in [3.8, 4) is 0 Å². The zero-order valence-electron chi connectivity index (χ0n) is 9.61. The molecule has 1 fully saturated rings. The SMILES string of the molecule is C=C1C(=O)CCC1CCCc1ccccc1. The van der Waals surface area contributed by atoms with E-state index in [0.29, 0.717) is 5.92 Å². The monoisotopic (exact) mass is 214 g/mol. The third-order valence-corrected chi connectivity index (χ3v) is 3.43. The van der Waals surface area contributed by atoms with E-state index in [0.717, 1.165) is 37.7 Å². The molecule has 0 aliphatic heterocycles. The zero-order valence-corrected chi connectivity index (χ0v) is 9.61. The fourth-order valence-electron chi connectivity index (χ4n) is 2.38. The second-order valence-corrected chi connectivity index (χ2v) is 4.56. The number of hydrogen-bond donors (Lipinski definition) is 0. The second kappa shape index (κ2) is 5.11. The molecule has 0 heterocycles. The van der Waals surface area contributed by atoms with Crippen molar-refractivity contribution in [1.82, 2.24) is 0 Å². The van der Waals surface area contributed by atoms with E-state index < -0.39 is 0 Å². The molecule has 16 heavy (non-hydrogen) atoms. The molecule has 0 aromatic heterocycles. The maximum atomic E-state index is 11.3. The Bertz CT molecular complexity index is 378. The quantitative estimate of drug-likeness (QED) is 0.700. The summed E-state index contributed by atoms with van der Waals surface area (Å²) < 4.78 is 0. The highest BCUT2D eigenvalue weighted by Crippen LogP contribution is 2.30. The van der Waals surface area contributed by atoms with Crippen molar-refractivity contribution in [3.05, 3.63) is 48.0 Å². The van der Waals surface area contributed by atoms with E-state index in [1.54, 1.807) is 0 Å². The number of aryl methyl sites for hydroxylation is 1. The van der Waals surface area contributed by atoms with Gasteiger partial charge in [0.05, 0.1) is 0 Å². The Morgan fingerprint density at radius 2 is 2.00 bits per heavy atom. The molecule has 84 valence electrons. The number of hydrogen-bond acceptors (Lipinski definition) is 1. The van der Waals surface area contributed by atoms with Crippen LogP contribution in [0, 0.1) is 5.92 Å². The van der Waals surface area contributed by atoms with Crippen molar-refractivity contribution < 1.29 is 4.79 Å². The van der Waals surface area contributed by atoms with Crippen LogP contribution in [0.1, 0.15) is 31.2 Å². The average molecular weight is 214 g/mol. The van der Waals surface area contributed by atoms with Gasteiger partial charge < -0.3 is 0 Å². The van der Waals surface area contributed by atoms with E-state index in [1.165, 1.54) is 5.56 Å². The molecule has 1 nitrogen and oxygen atoms in total. The van der Waals surface area contributed by atoms with Crippen LogP contribution in [0.15, 0.2) is 42.5 Å². The molecular weight excluding hydrogens is 196 g/mol. The molecule has 0 bridgehead atoms. The second-order valence-electron chi connectivity index (χ2n) is 4.56. The van der Waals surface area contributed by atoms with Crippen molar-refractivity contribution >= 4 is 5.78 Å². The Kier molecular flexibility index (Phi) is 3.55. The van der Waals surface area contributed by atoms with E-state index in [-0.39, 0.29) is 5.78 Å². The predicted molar refractivity (Wildman–Crippen MR) is 66.3 cm³/mol. The highest BCUT2D eigenvalue weighted by Gasteiger charge is 2.25. The summed E-state index contributed by atoms with van der Waals surface area (Å²) in [6.07, 6.45) is 5.11. The van der Waals surface area contributed by atoms with Gasteiger partial charge in [0, 0.05) is 6.42 Å². The molecule has 1 atom stereocenters. The summed E-state index contributed by atoms with van der Waals surface area (Å²) in [6, 6.07) is 10.5. The van der Waals surface area contributed by atoms with Crippen molar-refractivity contribution in [2.24, 2.45) is 5.92 Å². The van der Waals surface area contributed by atoms with E-state index in [4.69, 9.17) is 0 Å². The largest absolute Gasteiger partial charge is 0.295 e. The Balaban J connectivity index is 1.77. The molecule has 1 aromatic carbocycles. The highest BCUT2D eigenvalue weighted by molar-refractivity contribution is 5.97. The van der Waals surface area contributed by atoms with Crippen LogP contribution in [0.25, 0.3) is 0 Å². The van der Waals surface area contributed by atoms with Crippen LogP contribution in [0.3, 0.4) is 0 Å². The third kappa shape index (κ3) is 2.60. The summed E-state index contributed by atoms with van der Waals surface area (Å²) in [5.74, 6) is 0.737. The van der Waals surface area contributed by atoms with E-state index in [1.807, 2.05) is 6.07 Å². The molecule has 1 aromatic rings. The van der Waals surface area contributed by atoms with Gasteiger partial charge in [0.15, 0.2) is 5.78 Å². The molecule has 0 radical (unpaired) electrons. The Morgan fingerprint density at radius 3 is 2.62 bits per heavy atom. The molecule has 1 unspecified atom stereocenters. The van der Waals surface area contributed by atoms with Gasteiger partial charge in [0.1, 0.15) is 0 Å². The Hall–Kier alpha value is -1.37. The van der Waals surface area contributed by atoms with Gasteiger partial charge in [-0.15, -0.1) is 0 Å². The number of benzene rings is 1. The van der Waals surface area contributed by atoms with Crippen molar-refractivity contribution in [3.63, 3.8) is 0 Å². The Labute approximate surface area is 97.2 Å². The molecule has 0 amide bonds. The molecule has 2 rings (SSSR count). The Morgan fingerprint density at radius 1 is 1.25 bits per heavy atom. The van der Waals surface area contributed by atoms with E-state index in [2.05, 4.69) is 30.8 Å². The lowest BCUT2D eigenvalue weighted by atomic mass is 9.95. The van der Waals surface area contributed by atoms with Crippen LogP contribution < -0.4 is 0 Å². The summed E-state index contributed by atoms with van der Waals surface area (Å²) in [5.41, 5.74) is 2.26. The van der Waals surface area contributed by atoms with Gasteiger partial charge in [-0.3, -0.25) is 4.79 Å². The van der Waals surface area contributed by atoms with Gasteiger partial charge >= 0.3 is 0 Å². The summed E-state index contributed by atoms with van der Waals surface area (Å²) in [7, 11) is 0. The third-order valence-electron chi connectivity index (χ3n) is 3.43. The van der Waals surface area contributed by atoms with E-state index >= 15 is 0 Å². The lowest BCUT2D eigenvalue weighted by molar-refractivity contribution is -0.114. The highest BCUT2D eigenvalue weighted by atomic mass is 16.1. The van der Waals surface area contributed by atoms with Gasteiger partial charge in [-0.05, 0) is 42.7 Å². The van der Waals surface area contributed by atoms with Crippen molar-refractivity contribution in [1.29, 1.82) is 0 Å². The topological polar surface area (TPSA) is 17.1 Å². The standard InChI is InChI=1S/C15H18O/c1-12-14(10-11-15(12)16)9-5-8-13-6-3-2-4-7-13/h2-4,6-7,14H,1,5,8-11H2. The van der Waals surface area contributed by atoms with Crippen LogP contribution in [0.2, 0.25) is 0 Å². The molecule has 0 spiro atoms. The van der Waals surface area contributed by atoms with Crippen molar-refractivity contribution in [2.75, 3.05) is 0 Å². The first kappa shape index (κ1) is 11.1. The number of ketones is 1. The molecule has 1 aliphatic rings. The number of rotatable bonds is 4. The molecule has 0 N–H and O–H groups in total. The lowest BCUT2D eigenvalue weighted by Crippen LogP contribution is -2.00. The van der Waals surface area contributed by atoms with Crippen LogP contribution in [-0.4, -0.2) is 5.78 Å². The van der Waals surface area contributed by atoms with Crippen LogP contribution in [0.4, 0.5) is 0 Å². The smallest absolute Gasteiger partial charge is 0.158 e. The van der Waals surface area contributed by atoms with Crippen LogP contribution >= 0.6 is 0 Å². The van der Waals surface area contributed by atoms with Crippen molar-refractivity contribution in [2.45, 2.75) is 32.1 Å². The average Bonchev–Trinajstić information content (AvgIpc) is 2.62. The minimum absolute atomic E-state index is 0.282. The van der Waals surface area contributed by atoms with Crippen LogP contribution in [-0.2, 0) is 11.2 Å². The molecule has 1 aliphatic carbocycles. The fourth-order valence-corrected chi connectivity index (χ4v) is 2.38. The molecule has 0 saturated heterocycles. The number of carbonyl (C=O) groups excluding carboxylic acids is 1. The maximum Gasteiger partial charge on any atom is 0.158 e. The van der Waals surface area contributed by atoms with Gasteiger partial charge in [0.2, 0.25) is 0 Å². The van der Waals surface area contributed by atoms with Gasteiger partial charge in [0.25, 0.3) is 0 Å². The van der Waals surface area contributed by atoms with Crippen LogP contribution in [0.5, 0.6) is 0 Å². The first-order valence-electron chi connectivity index (χ1n) is 6.03. The lowest BCUT2D eigenvalue weighted by Gasteiger charge is -2.09. The van der Waals surface area contributed by atoms with Gasteiger partial charge in [-0.25, -0.2) is 0 Å². The van der Waals surface area contributed by atoms with E-state index in [9.17, 15) is 4.79 Å².